The summed E-state index contributed by atoms with van der Waals surface area (Å²) >= 11 is 0. The Hall–Kier alpha value is -2.30. The van der Waals surface area contributed by atoms with E-state index in [4.69, 9.17) is 10.3 Å². The van der Waals surface area contributed by atoms with E-state index < -0.39 is 0 Å². The lowest BCUT2D eigenvalue weighted by Gasteiger charge is -2.17. The summed E-state index contributed by atoms with van der Waals surface area (Å²) in [7, 11) is 1.80. The van der Waals surface area contributed by atoms with Gasteiger partial charge in [0.25, 0.3) is 0 Å². The van der Waals surface area contributed by atoms with Crippen LogP contribution in [0.4, 0.5) is 5.69 Å². The topological polar surface area (TPSA) is 72.4 Å². The van der Waals surface area contributed by atoms with Crippen molar-refractivity contribution in [2.45, 2.75) is 33.2 Å². The second-order valence-corrected chi connectivity index (χ2v) is 5.30. The van der Waals surface area contributed by atoms with E-state index in [1.165, 1.54) is 0 Å². The predicted octanol–water partition coefficient (Wildman–Crippen LogP) is 2.46. The Bertz CT molecular complexity index is 615. The first-order valence-electron chi connectivity index (χ1n) is 6.97. The molecule has 1 aromatic carbocycles. The number of carbonyl (C=O) groups is 1. The van der Waals surface area contributed by atoms with Crippen LogP contribution in [0, 0.1) is 13.8 Å². The molecule has 2 rings (SSSR count). The molecule has 0 saturated carbocycles. The van der Waals surface area contributed by atoms with E-state index in [9.17, 15) is 4.79 Å². The van der Waals surface area contributed by atoms with E-state index in [2.05, 4.69) is 5.16 Å². The molecule has 21 heavy (non-hydrogen) atoms. The Morgan fingerprint density at radius 3 is 2.76 bits per heavy atom. The van der Waals surface area contributed by atoms with Crippen LogP contribution in [-0.4, -0.2) is 23.0 Å². The number of hydrogen-bond donors (Lipinski definition) is 1. The zero-order valence-corrected chi connectivity index (χ0v) is 12.7. The molecule has 1 heterocycles. The lowest BCUT2D eigenvalue weighted by molar-refractivity contribution is -0.130. The minimum Gasteiger partial charge on any atom is -0.399 e. The van der Waals surface area contributed by atoms with E-state index in [0.717, 1.165) is 28.3 Å². The monoisotopic (exact) mass is 287 g/mol. The van der Waals surface area contributed by atoms with E-state index >= 15 is 0 Å². The minimum atomic E-state index is 0.0948. The third-order valence-corrected chi connectivity index (χ3v) is 3.58. The fourth-order valence-corrected chi connectivity index (χ4v) is 2.24. The van der Waals surface area contributed by atoms with Gasteiger partial charge in [0.2, 0.25) is 5.91 Å². The van der Waals surface area contributed by atoms with Crippen LogP contribution in [0.15, 0.2) is 28.8 Å². The summed E-state index contributed by atoms with van der Waals surface area (Å²) in [6.45, 7) is 4.27. The van der Waals surface area contributed by atoms with Crippen LogP contribution in [0.25, 0.3) is 0 Å². The highest BCUT2D eigenvalue weighted by Gasteiger charge is 2.15. The van der Waals surface area contributed by atoms with Crippen molar-refractivity contribution < 1.29 is 9.32 Å². The maximum Gasteiger partial charge on any atom is 0.222 e. The van der Waals surface area contributed by atoms with Gasteiger partial charge < -0.3 is 15.2 Å². The molecule has 2 aromatic rings. The van der Waals surface area contributed by atoms with Crippen molar-refractivity contribution in [1.29, 1.82) is 0 Å². The summed E-state index contributed by atoms with van der Waals surface area (Å²) in [6.07, 6.45) is 1.15. The highest BCUT2D eigenvalue weighted by Crippen LogP contribution is 2.15. The fourth-order valence-electron chi connectivity index (χ4n) is 2.24. The average molecular weight is 287 g/mol. The molecule has 0 saturated heterocycles. The zero-order chi connectivity index (χ0) is 15.4. The Morgan fingerprint density at radius 2 is 2.14 bits per heavy atom. The van der Waals surface area contributed by atoms with Crippen molar-refractivity contribution in [2.24, 2.45) is 0 Å². The smallest absolute Gasteiger partial charge is 0.222 e. The molecule has 5 heteroatoms. The number of nitrogens with zero attached hydrogens (tertiary/aromatic N) is 2. The number of aryl methyl sites for hydroxylation is 3. The first-order valence-corrected chi connectivity index (χ1v) is 6.97. The van der Waals surface area contributed by atoms with Crippen LogP contribution in [0.2, 0.25) is 0 Å². The number of amides is 1. The quantitative estimate of drug-likeness (QED) is 0.857. The third-order valence-electron chi connectivity index (χ3n) is 3.58. The van der Waals surface area contributed by atoms with Gasteiger partial charge in [0.1, 0.15) is 5.76 Å². The second-order valence-electron chi connectivity index (χ2n) is 5.30. The van der Waals surface area contributed by atoms with Crippen molar-refractivity contribution in [3.63, 3.8) is 0 Å². The molecule has 0 spiro atoms. The largest absolute Gasteiger partial charge is 0.399 e. The van der Waals surface area contributed by atoms with Gasteiger partial charge in [-0.25, -0.2) is 0 Å². The Balaban J connectivity index is 1.91. The van der Waals surface area contributed by atoms with Crippen LogP contribution in [0.3, 0.4) is 0 Å². The van der Waals surface area contributed by atoms with Crippen LogP contribution < -0.4 is 5.73 Å². The van der Waals surface area contributed by atoms with Gasteiger partial charge in [-0.2, -0.15) is 0 Å². The van der Waals surface area contributed by atoms with Crippen molar-refractivity contribution >= 4 is 11.6 Å². The lowest BCUT2D eigenvalue weighted by atomic mass is 10.1. The molecule has 0 aliphatic carbocycles. The van der Waals surface area contributed by atoms with E-state index in [1.54, 1.807) is 11.9 Å². The standard InChI is InChI=1S/C16H21N3O2/c1-11-15(12(2)21-18-11)10-19(3)16(20)8-7-13-5-4-6-14(17)9-13/h4-6,9H,7-8,10,17H2,1-3H3. The number of aromatic nitrogens is 1. The predicted molar refractivity (Wildman–Crippen MR) is 81.6 cm³/mol. The SMILES string of the molecule is Cc1noc(C)c1CN(C)C(=O)CCc1cccc(N)c1. The summed E-state index contributed by atoms with van der Waals surface area (Å²) in [4.78, 5) is 13.9. The molecule has 0 bridgehead atoms. The van der Waals surface area contributed by atoms with Gasteiger partial charge in [0.05, 0.1) is 12.2 Å². The summed E-state index contributed by atoms with van der Waals surface area (Å²) in [5, 5.41) is 3.90. The molecule has 0 fully saturated rings. The highest BCUT2D eigenvalue weighted by atomic mass is 16.5. The summed E-state index contributed by atoms with van der Waals surface area (Å²) in [6, 6.07) is 7.64. The lowest BCUT2D eigenvalue weighted by Crippen LogP contribution is -2.26. The maximum atomic E-state index is 12.2. The molecule has 112 valence electrons. The van der Waals surface area contributed by atoms with E-state index in [-0.39, 0.29) is 5.91 Å². The molecule has 2 N–H and O–H groups in total. The molecule has 1 amide bonds. The molecule has 0 unspecified atom stereocenters. The van der Waals surface area contributed by atoms with Crippen molar-refractivity contribution in [3.05, 3.63) is 46.8 Å². The summed E-state index contributed by atoms with van der Waals surface area (Å²) in [5.74, 6) is 0.861. The Kier molecular flexibility index (Phi) is 4.62. The number of hydrogen-bond acceptors (Lipinski definition) is 4. The second kappa shape index (κ2) is 6.43. The first-order chi connectivity index (χ1) is 9.97. The number of nitrogens with two attached hydrogens (primary N) is 1. The van der Waals surface area contributed by atoms with Gasteiger partial charge in [0.15, 0.2) is 0 Å². The third kappa shape index (κ3) is 3.84. The number of anilines is 1. The summed E-state index contributed by atoms with van der Waals surface area (Å²) < 4.78 is 5.12. The van der Waals surface area contributed by atoms with Gasteiger partial charge in [-0.05, 0) is 38.0 Å². The van der Waals surface area contributed by atoms with Gasteiger partial charge in [0, 0.05) is 24.7 Å². The van der Waals surface area contributed by atoms with Crippen LogP contribution in [0.1, 0.15) is 29.0 Å². The van der Waals surface area contributed by atoms with E-state index in [0.29, 0.717) is 19.4 Å². The fraction of sp³-hybridized carbons (Fsp3) is 0.375. The van der Waals surface area contributed by atoms with Crippen molar-refractivity contribution in [2.75, 3.05) is 12.8 Å². The molecule has 0 atom stereocenters. The van der Waals surface area contributed by atoms with Crippen LogP contribution in [0.5, 0.6) is 0 Å². The van der Waals surface area contributed by atoms with Gasteiger partial charge in [-0.1, -0.05) is 17.3 Å². The molecule has 5 nitrogen and oxygen atoms in total. The van der Waals surface area contributed by atoms with Gasteiger partial charge in [-0.3, -0.25) is 4.79 Å². The Morgan fingerprint density at radius 1 is 1.38 bits per heavy atom. The van der Waals surface area contributed by atoms with Crippen LogP contribution >= 0.6 is 0 Å². The maximum absolute atomic E-state index is 12.2. The first kappa shape index (κ1) is 15.1. The van der Waals surface area contributed by atoms with Gasteiger partial charge >= 0.3 is 0 Å². The minimum absolute atomic E-state index is 0.0948. The molecular formula is C16H21N3O2. The van der Waals surface area contributed by atoms with Crippen molar-refractivity contribution in [1.82, 2.24) is 10.1 Å². The van der Waals surface area contributed by atoms with Crippen molar-refractivity contribution in [3.8, 4) is 0 Å². The zero-order valence-electron chi connectivity index (χ0n) is 12.7. The molecule has 0 radical (unpaired) electrons. The van der Waals surface area contributed by atoms with E-state index in [1.807, 2.05) is 38.1 Å². The number of carbonyl (C=O) groups excluding carboxylic acids is 1. The Labute approximate surface area is 124 Å². The van der Waals surface area contributed by atoms with Gasteiger partial charge in [-0.15, -0.1) is 0 Å². The number of benzene rings is 1. The normalized spacial score (nSPS) is 10.6. The number of nitrogen functional groups attached to an aromatic ring is 1. The average Bonchev–Trinajstić information content (AvgIpc) is 2.76. The van der Waals surface area contributed by atoms with Crippen LogP contribution in [-0.2, 0) is 17.8 Å². The summed E-state index contributed by atoms with van der Waals surface area (Å²) in [5.41, 5.74) is 9.36. The molecular weight excluding hydrogens is 266 g/mol. The molecule has 0 aliphatic rings. The molecule has 1 aromatic heterocycles. The highest BCUT2D eigenvalue weighted by molar-refractivity contribution is 5.76. The number of rotatable bonds is 5. The molecule has 0 aliphatic heterocycles.